The van der Waals surface area contributed by atoms with E-state index in [-0.39, 0.29) is 11.3 Å². The van der Waals surface area contributed by atoms with E-state index < -0.39 is 9.84 Å². The fourth-order valence-electron chi connectivity index (χ4n) is 2.79. The van der Waals surface area contributed by atoms with E-state index >= 15 is 0 Å². The highest BCUT2D eigenvalue weighted by atomic mass is 79.9. The van der Waals surface area contributed by atoms with Crippen molar-refractivity contribution in [3.8, 4) is 0 Å². The van der Waals surface area contributed by atoms with Crippen molar-refractivity contribution in [2.75, 3.05) is 22.2 Å². The minimum Gasteiger partial charge on any atom is -0.229 e. The van der Waals surface area contributed by atoms with Crippen molar-refractivity contribution in [2.45, 2.75) is 12.8 Å². The van der Waals surface area contributed by atoms with Gasteiger partial charge in [-0.2, -0.15) is 0 Å². The second kappa shape index (κ2) is 6.80. The van der Waals surface area contributed by atoms with Gasteiger partial charge in [0.05, 0.1) is 11.5 Å². The Morgan fingerprint density at radius 2 is 1.85 bits per heavy atom. The second-order valence-corrected chi connectivity index (χ2v) is 9.70. The van der Waals surface area contributed by atoms with Crippen molar-refractivity contribution < 1.29 is 8.42 Å². The van der Waals surface area contributed by atoms with Gasteiger partial charge < -0.3 is 0 Å². The Balaban J connectivity index is 2.29. The number of benzene rings is 1. The van der Waals surface area contributed by atoms with Crippen molar-refractivity contribution in [3.05, 3.63) is 34.3 Å². The lowest BCUT2D eigenvalue weighted by Gasteiger charge is -2.36. The molecule has 0 aromatic heterocycles. The SMILES string of the molecule is O=S1(=O)CCC(C(CBr)(CBr)Cc2ccccc2Br)C1. The summed E-state index contributed by atoms with van der Waals surface area (Å²) in [5.41, 5.74) is 1.17. The maximum Gasteiger partial charge on any atom is 0.150 e. The zero-order valence-corrected chi connectivity index (χ0v) is 16.6. The molecule has 20 heavy (non-hydrogen) atoms. The Kier molecular flexibility index (Phi) is 5.77. The van der Waals surface area contributed by atoms with E-state index in [2.05, 4.69) is 53.9 Å². The van der Waals surface area contributed by atoms with Crippen molar-refractivity contribution in [2.24, 2.45) is 11.3 Å². The Morgan fingerprint density at radius 1 is 1.20 bits per heavy atom. The molecule has 1 aliphatic heterocycles. The van der Waals surface area contributed by atoms with Crippen LogP contribution in [0.4, 0.5) is 0 Å². The first-order valence-electron chi connectivity index (χ1n) is 6.48. The molecule has 1 aliphatic rings. The Morgan fingerprint density at radius 3 is 2.35 bits per heavy atom. The minimum absolute atomic E-state index is 0.0621. The first kappa shape index (κ1) is 17.0. The van der Waals surface area contributed by atoms with Gasteiger partial charge in [0, 0.05) is 15.1 Å². The van der Waals surface area contributed by atoms with E-state index in [1.165, 1.54) is 5.56 Å². The average molecular weight is 489 g/mol. The Bertz CT molecular complexity index is 568. The molecule has 0 bridgehead atoms. The van der Waals surface area contributed by atoms with Crippen LogP contribution in [0, 0.1) is 11.3 Å². The van der Waals surface area contributed by atoms with Gasteiger partial charge in [-0.15, -0.1) is 0 Å². The van der Waals surface area contributed by atoms with E-state index in [1.807, 2.05) is 18.2 Å². The molecule has 1 heterocycles. The summed E-state index contributed by atoms with van der Waals surface area (Å²) in [5.74, 6) is 0.850. The highest BCUT2D eigenvalue weighted by Crippen LogP contribution is 2.42. The molecule has 112 valence electrons. The number of rotatable bonds is 5. The van der Waals surface area contributed by atoms with Gasteiger partial charge in [0.2, 0.25) is 0 Å². The lowest BCUT2D eigenvalue weighted by molar-refractivity contribution is 0.253. The second-order valence-electron chi connectivity index (χ2n) is 5.50. The number of sulfone groups is 1. The van der Waals surface area contributed by atoms with Crippen molar-refractivity contribution in [1.82, 2.24) is 0 Å². The third kappa shape index (κ3) is 3.68. The third-order valence-electron chi connectivity index (χ3n) is 4.13. The smallest absolute Gasteiger partial charge is 0.150 e. The quantitative estimate of drug-likeness (QED) is 0.582. The standard InChI is InChI=1S/C14H17Br3O2S/c15-9-14(10-16,12-5-6-20(18,19)8-12)7-11-3-1-2-4-13(11)17/h1-4,12H,5-10H2. The van der Waals surface area contributed by atoms with Gasteiger partial charge in [0.25, 0.3) is 0 Å². The maximum absolute atomic E-state index is 11.8. The average Bonchev–Trinajstić information content (AvgIpc) is 2.79. The van der Waals surface area contributed by atoms with Gasteiger partial charge in [-0.3, -0.25) is 0 Å². The zero-order valence-electron chi connectivity index (χ0n) is 11.0. The van der Waals surface area contributed by atoms with Gasteiger partial charge in [-0.05, 0) is 35.8 Å². The molecule has 0 N–H and O–H groups in total. The summed E-state index contributed by atoms with van der Waals surface area (Å²) in [6.07, 6.45) is 1.63. The molecule has 1 unspecified atom stereocenters. The minimum atomic E-state index is -2.85. The van der Waals surface area contributed by atoms with Crippen LogP contribution in [0.15, 0.2) is 28.7 Å². The number of hydrogen-bond donors (Lipinski definition) is 0. The van der Waals surface area contributed by atoms with Gasteiger partial charge in [0.15, 0.2) is 9.84 Å². The predicted octanol–water partition coefficient (Wildman–Crippen LogP) is 4.20. The first-order valence-corrected chi connectivity index (χ1v) is 11.3. The van der Waals surface area contributed by atoms with Crippen LogP contribution in [-0.4, -0.2) is 30.6 Å². The highest BCUT2D eigenvalue weighted by Gasteiger charge is 2.43. The molecular weight excluding hydrogens is 472 g/mol. The fourth-order valence-corrected chi connectivity index (χ4v) is 7.40. The molecule has 2 nitrogen and oxygen atoms in total. The molecule has 1 aromatic carbocycles. The summed E-state index contributed by atoms with van der Waals surface area (Å²) in [4.78, 5) is 0. The topological polar surface area (TPSA) is 34.1 Å². The molecule has 0 radical (unpaired) electrons. The number of hydrogen-bond acceptors (Lipinski definition) is 2. The van der Waals surface area contributed by atoms with Crippen LogP contribution in [0.1, 0.15) is 12.0 Å². The molecule has 6 heteroatoms. The maximum atomic E-state index is 11.8. The van der Waals surface area contributed by atoms with Gasteiger partial charge in [-0.1, -0.05) is 66.0 Å². The van der Waals surface area contributed by atoms with E-state index in [1.54, 1.807) is 0 Å². The Hall–Kier alpha value is 0.610. The molecule has 0 spiro atoms. The van der Waals surface area contributed by atoms with Crippen LogP contribution >= 0.6 is 47.8 Å². The first-order chi connectivity index (χ1) is 9.42. The van der Waals surface area contributed by atoms with Gasteiger partial charge in [0.1, 0.15) is 0 Å². The Labute approximate surface area is 146 Å². The normalized spacial score (nSPS) is 22.1. The summed E-state index contributed by atoms with van der Waals surface area (Å²) < 4.78 is 24.7. The molecular formula is C14H17Br3O2S. The molecule has 0 saturated carbocycles. The molecule has 2 rings (SSSR count). The molecule has 1 aromatic rings. The van der Waals surface area contributed by atoms with E-state index in [9.17, 15) is 8.42 Å². The van der Waals surface area contributed by atoms with Gasteiger partial charge >= 0.3 is 0 Å². The molecule has 1 fully saturated rings. The van der Waals surface area contributed by atoms with E-state index in [0.29, 0.717) is 11.5 Å². The van der Waals surface area contributed by atoms with E-state index in [0.717, 1.165) is 28.0 Å². The van der Waals surface area contributed by atoms with Crippen LogP contribution in [0.25, 0.3) is 0 Å². The van der Waals surface area contributed by atoms with Crippen LogP contribution in [0.5, 0.6) is 0 Å². The molecule has 0 amide bonds. The number of alkyl halides is 2. The molecule has 0 aliphatic carbocycles. The van der Waals surface area contributed by atoms with Crippen LogP contribution in [0.2, 0.25) is 0 Å². The van der Waals surface area contributed by atoms with Crippen molar-refractivity contribution >= 4 is 57.6 Å². The lowest BCUT2D eigenvalue weighted by atomic mass is 9.74. The fraction of sp³-hybridized carbons (Fsp3) is 0.571. The highest BCUT2D eigenvalue weighted by molar-refractivity contribution is 9.10. The van der Waals surface area contributed by atoms with Crippen LogP contribution in [0.3, 0.4) is 0 Å². The van der Waals surface area contributed by atoms with Crippen LogP contribution < -0.4 is 0 Å². The molecule has 1 atom stereocenters. The predicted molar refractivity (Wildman–Crippen MR) is 94.6 cm³/mol. The monoisotopic (exact) mass is 486 g/mol. The van der Waals surface area contributed by atoms with Crippen molar-refractivity contribution in [1.29, 1.82) is 0 Å². The summed E-state index contributed by atoms with van der Waals surface area (Å²) >= 11 is 10.8. The van der Waals surface area contributed by atoms with E-state index in [4.69, 9.17) is 0 Å². The molecule has 1 saturated heterocycles. The third-order valence-corrected chi connectivity index (χ3v) is 8.91. The summed E-state index contributed by atoms with van der Waals surface area (Å²) in [6.45, 7) is 0. The summed E-state index contributed by atoms with van der Waals surface area (Å²) in [7, 11) is -2.85. The largest absolute Gasteiger partial charge is 0.229 e. The van der Waals surface area contributed by atoms with Crippen molar-refractivity contribution in [3.63, 3.8) is 0 Å². The van der Waals surface area contributed by atoms with Crippen LogP contribution in [-0.2, 0) is 16.3 Å². The van der Waals surface area contributed by atoms with Gasteiger partial charge in [-0.25, -0.2) is 8.42 Å². The number of halogens is 3. The summed E-state index contributed by atoms with van der Waals surface area (Å²) in [5, 5.41) is 1.60. The zero-order chi connectivity index (χ0) is 14.8. The lowest BCUT2D eigenvalue weighted by Crippen LogP contribution is -2.37. The summed E-state index contributed by atoms with van der Waals surface area (Å²) in [6, 6.07) is 8.16.